The molecule has 2 fully saturated rings. The van der Waals surface area contributed by atoms with Crippen LogP contribution in [0.1, 0.15) is 58.3 Å². The molecule has 1 amide bonds. The van der Waals surface area contributed by atoms with Gasteiger partial charge in [0.15, 0.2) is 0 Å². The summed E-state index contributed by atoms with van der Waals surface area (Å²) in [6.45, 7) is 2.44. The van der Waals surface area contributed by atoms with Crippen molar-refractivity contribution in [3.05, 3.63) is 0 Å². The molecule has 2 N–H and O–H groups in total. The fourth-order valence-corrected chi connectivity index (χ4v) is 3.42. The smallest absolute Gasteiger partial charge is 0.303 e. The number of carbonyl (C=O) groups is 2. The van der Waals surface area contributed by atoms with Gasteiger partial charge >= 0.3 is 5.97 Å². The highest BCUT2D eigenvalue weighted by atomic mass is 16.5. The summed E-state index contributed by atoms with van der Waals surface area (Å²) in [6.07, 6.45) is 6.68. The van der Waals surface area contributed by atoms with Gasteiger partial charge in [-0.3, -0.25) is 9.59 Å². The van der Waals surface area contributed by atoms with Crippen molar-refractivity contribution in [1.29, 1.82) is 0 Å². The van der Waals surface area contributed by atoms with Crippen LogP contribution in [-0.4, -0.2) is 35.7 Å². The quantitative estimate of drug-likeness (QED) is 0.810. The van der Waals surface area contributed by atoms with Crippen molar-refractivity contribution < 1.29 is 19.4 Å². The molecule has 2 atom stereocenters. The molecule has 5 nitrogen and oxygen atoms in total. The maximum absolute atomic E-state index is 12.1. The highest BCUT2D eigenvalue weighted by Gasteiger charge is 2.36. The Morgan fingerprint density at radius 2 is 1.95 bits per heavy atom. The van der Waals surface area contributed by atoms with Crippen LogP contribution >= 0.6 is 0 Å². The van der Waals surface area contributed by atoms with Gasteiger partial charge < -0.3 is 15.2 Å². The van der Waals surface area contributed by atoms with Crippen LogP contribution in [0.5, 0.6) is 0 Å². The third kappa shape index (κ3) is 3.95. The van der Waals surface area contributed by atoms with Gasteiger partial charge in [-0.1, -0.05) is 19.3 Å². The number of aliphatic carboxylic acids is 1. The van der Waals surface area contributed by atoms with E-state index < -0.39 is 5.97 Å². The zero-order valence-electron chi connectivity index (χ0n) is 12.2. The molecule has 0 spiro atoms. The Labute approximate surface area is 120 Å². The minimum atomic E-state index is -0.771. The van der Waals surface area contributed by atoms with E-state index >= 15 is 0 Å². The molecule has 1 aliphatic carbocycles. The van der Waals surface area contributed by atoms with Crippen molar-refractivity contribution in [2.24, 2.45) is 5.41 Å². The Kier molecular flexibility index (Phi) is 5.02. The van der Waals surface area contributed by atoms with Crippen molar-refractivity contribution in [1.82, 2.24) is 5.32 Å². The summed E-state index contributed by atoms with van der Waals surface area (Å²) in [5.41, 5.74) is -0.260. The SMILES string of the molecule is CC1CCC(C(=O)NCC2(CC(=O)O)CCCCC2)O1. The average Bonchev–Trinajstić information content (AvgIpc) is 2.83. The van der Waals surface area contributed by atoms with Gasteiger partial charge in [0.05, 0.1) is 12.5 Å². The van der Waals surface area contributed by atoms with E-state index in [2.05, 4.69) is 5.32 Å². The summed E-state index contributed by atoms with van der Waals surface area (Å²) >= 11 is 0. The first kappa shape index (κ1) is 15.3. The van der Waals surface area contributed by atoms with Crippen molar-refractivity contribution in [3.8, 4) is 0 Å². The lowest BCUT2D eigenvalue weighted by Crippen LogP contribution is -2.44. The van der Waals surface area contributed by atoms with E-state index in [4.69, 9.17) is 9.84 Å². The Morgan fingerprint density at radius 1 is 1.25 bits per heavy atom. The minimum absolute atomic E-state index is 0.0790. The van der Waals surface area contributed by atoms with Crippen LogP contribution in [0.4, 0.5) is 0 Å². The second kappa shape index (κ2) is 6.57. The summed E-state index contributed by atoms with van der Waals surface area (Å²) in [4.78, 5) is 23.2. The van der Waals surface area contributed by atoms with Crippen LogP contribution in [0.25, 0.3) is 0 Å². The van der Waals surface area contributed by atoms with Crippen LogP contribution < -0.4 is 5.32 Å². The molecule has 1 saturated carbocycles. The number of amides is 1. The van der Waals surface area contributed by atoms with E-state index in [9.17, 15) is 9.59 Å². The summed E-state index contributed by atoms with van der Waals surface area (Å²) in [7, 11) is 0. The van der Waals surface area contributed by atoms with E-state index in [0.717, 1.165) is 38.5 Å². The van der Waals surface area contributed by atoms with E-state index in [-0.39, 0.29) is 30.0 Å². The van der Waals surface area contributed by atoms with Crippen LogP contribution in [0.2, 0.25) is 0 Å². The van der Waals surface area contributed by atoms with Crippen molar-refractivity contribution in [2.45, 2.75) is 70.5 Å². The van der Waals surface area contributed by atoms with E-state index in [1.807, 2.05) is 6.92 Å². The van der Waals surface area contributed by atoms with Gasteiger partial charge in [-0.25, -0.2) is 0 Å². The number of rotatable bonds is 5. The van der Waals surface area contributed by atoms with Gasteiger partial charge in [-0.2, -0.15) is 0 Å². The third-order valence-electron chi connectivity index (χ3n) is 4.60. The average molecular weight is 283 g/mol. The molecule has 2 aliphatic rings. The lowest BCUT2D eigenvalue weighted by molar-refractivity contribution is -0.141. The summed E-state index contributed by atoms with van der Waals surface area (Å²) in [6, 6.07) is 0. The lowest BCUT2D eigenvalue weighted by Gasteiger charge is -2.36. The lowest BCUT2D eigenvalue weighted by atomic mass is 9.71. The molecule has 0 bridgehead atoms. The molecule has 0 aromatic heterocycles. The molecule has 1 saturated heterocycles. The molecule has 2 unspecified atom stereocenters. The summed E-state index contributed by atoms with van der Waals surface area (Å²) in [5.74, 6) is -0.850. The predicted octanol–water partition coefficient (Wildman–Crippen LogP) is 2.10. The standard InChI is InChI=1S/C15H25NO4/c1-11-5-6-12(20-11)14(19)16-10-15(9-13(17)18)7-3-2-4-8-15/h11-12H,2-10H2,1H3,(H,16,19)(H,17,18). The number of nitrogens with one attached hydrogen (secondary N) is 1. The van der Waals surface area contributed by atoms with Crippen molar-refractivity contribution in [3.63, 3.8) is 0 Å². The predicted molar refractivity (Wildman–Crippen MR) is 74.3 cm³/mol. The van der Waals surface area contributed by atoms with Crippen LogP contribution in [0.3, 0.4) is 0 Å². The van der Waals surface area contributed by atoms with Gasteiger partial charge in [-0.05, 0) is 38.0 Å². The Hall–Kier alpha value is -1.10. The van der Waals surface area contributed by atoms with E-state index in [1.165, 1.54) is 6.42 Å². The number of ether oxygens (including phenoxy) is 1. The first-order valence-electron chi connectivity index (χ1n) is 7.66. The van der Waals surface area contributed by atoms with Gasteiger partial charge in [0, 0.05) is 6.54 Å². The Bertz CT molecular complexity index is 363. The number of carboxylic acid groups (broad SMARTS) is 1. The van der Waals surface area contributed by atoms with Crippen molar-refractivity contribution >= 4 is 11.9 Å². The molecule has 1 aliphatic heterocycles. The molecule has 0 aromatic carbocycles. The normalized spacial score (nSPS) is 29.1. The highest BCUT2D eigenvalue weighted by molar-refractivity contribution is 5.81. The summed E-state index contributed by atoms with van der Waals surface area (Å²) in [5, 5.41) is 12.0. The monoisotopic (exact) mass is 283 g/mol. The molecular formula is C15H25NO4. The second-order valence-corrected chi connectivity index (χ2v) is 6.36. The van der Waals surface area contributed by atoms with Crippen LogP contribution in [0.15, 0.2) is 0 Å². The zero-order chi connectivity index (χ0) is 14.6. The van der Waals surface area contributed by atoms with Gasteiger partial charge in [0.2, 0.25) is 5.91 Å². The van der Waals surface area contributed by atoms with Crippen LogP contribution in [0, 0.1) is 5.41 Å². The van der Waals surface area contributed by atoms with E-state index in [0.29, 0.717) is 6.54 Å². The number of hydrogen-bond donors (Lipinski definition) is 2. The van der Waals surface area contributed by atoms with Gasteiger partial charge in [0.25, 0.3) is 0 Å². The molecule has 5 heteroatoms. The first-order chi connectivity index (χ1) is 9.51. The van der Waals surface area contributed by atoms with Crippen molar-refractivity contribution in [2.75, 3.05) is 6.54 Å². The second-order valence-electron chi connectivity index (χ2n) is 6.36. The molecule has 114 valence electrons. The highest BCUT2D eigenvalue weighted by Crippen LogP contribution is 2.38. The van der Waals surface area contributed by atoms with Crippen LogP contribution in [-0.2, 0) is 14.3 Å². The molecule has 20 heavy (non-hydrogen) atoms. The molecule has 0 aromatic rings. The Morgan fingerprint density at radius 3 is 2.50 bits per heavy atom. The molecule has 0 radical (unpaired) electrons. The van der Waals surface area contributed by atoms with E-state index in [1.54, 1.807) is 0 Å². The fourth-order valence-electron chi connectivity index (χ4n) is 3.42. The third-order valence-corrected chi connectivity index (χ3v) is 4.60. The first-order valence-corrected chi connectivity index (χ1v) is 7.66. The largest absolute Gasteiger partial charge is 0.481 e. The number of hydrogen-bond acceptors (Lipinski definition) is 3. The fraction of sp³-hybridized carbons (Fsp3) is 0.867. The minimum Gasteiger partial charge on any atom is -0.481 e. The van der Waals surface area contributed by atoms with Gasteiger partial charge in [0.1, 0.15) is 6.10 Å². The zero-order valence-corrected chi connectivity index (χ0v) is 12.2. The van der Waals surface area contributed by atoms with Gasteiger partial charge in [-0.15, -0.1) is 0 Å². The molecule has 1 heterocycles. The summed E-state index contributed by atoms with van der Waals surface area (Å²) < 4.78 is 5.55. The molecular weight excluding hydrogens is 258 g/mol. The maximum Gasteiger partial charge on any atom is 0.303 e. The number of carboxylic acids is 1. The topological polar surface area (TPSA) is 75.6 Å². The Balaban J connectivity index is 1.88. The molecule has 2 rings (SSSR count). The number of carbonyl (C=O) groups excluding carboxylic acids is 1. The maximum atomic E-state index is 12.1.